The van der Waals surface area contributed by atoms with Gasteiger partial charge in [-0.1, -0.05) is 0 Å². The average Bonchev–Trinajstić information content (AvgIpc) is 1.98. The standard InChI is InChI=1S/C8H15N3/c1-10-5-7-6-11(2)4-3-8(7)9/h5,7,9H,3-4,6H2,1-2H3. The summed E-state index contributed by atoms with van der Waals surface area (Å²) in [5.74, 6) is 0.263. The first-order valence-electron chi connectivity index (χ1n) is 3.92. The van der Waals surface area contributed by atoms with E-state index in [0.29, 0.717) is 0 Å². The summed E-state index contributed by atoms with van der Waals surface area (Å²) in [4.78, 5) is 6.19. The van der Waals surface area contributed by atoms with E-state index < -0.39 is 0 Å². The Balaban J connectivity index is 2.54. The molecule has 3 nitrogen and oxygen atoms in total. The summed E-state index contributed by atoms with van der Waals surface area (Å²) >= 11 is 0. The summed E-state index contributed by atoms with van der Waals surface area (Å²) in [7, 11) is 3.85. The molecule has 0 bridgehead atoms. The van der Waals surface area contributed by atoms with E-state index in [4.69, 9.17) is 5.41 Å². The van der Waals surface area contributed by atoms with Crippen LogP contribution >= 0.6 is 0 Å². The van der Waals surface area contributed by atoms with Gasteiger partial charge in [0, 0.05) is 38.0 Å². The molecule has 62 valence electrons. The zero-order valence-electron chi connectivity index (χ0n) is 7.17. The quantitative estimate of drug-likeness (QED) is 0.552. The molecule has 1 heterocycles. The largest absolute Gasteiger partial charge is 0.309 e. The van der Waals surface area contributed by atoms with E-state index in [9.17, 15) is 0 Å². The molecule has 0 spiro atoms. The van der Waals surface area contributed by atoms with Crippen molar-refractivity contribution < 1.29 is 0 Å². The second kappa shape index (κ2) is 3.62. The Labute approximate surface area is 67.6 Å². The molecule has 3 heteroatoms. The van der Waals surface area contributed by atoms with Crippen molar-refractivity contribution in [3.63, 3.8) is 0 Å². The Hall–Kier alpha value is -0.700. The number of nitrogens with zero attached hydrogens (tertiary/aromatic N) is 2. The van der Waals surface area contributed by atoms with Crippen LogP contribution in [-0.4, -0.2) is 44.0 Å². The molecule has 1 aliphatic rings. The van der Waals surface area contributed by atoms with Crippen molar-refractivity contribution in [2.75, 3.05) is 27.2 Å². The molecule has 0 saturated carbocycles. The highest BCUT2D eigenvalue weighted by atomic mass is 15.1. The first-order chi connectivity index (χ1) is 5.24. The fraction of sp³-hybridized carbons (Fsp3) is 0.750. The normalized spacial score (nSPS) is 28.2. The topological polar surface area (TPSA) is 39.5 Å². The smallest absolute Gasteiger partial charge is 0.0443 e. The van der Waals surface area contributed by atoms with E-state index in [1.54, 1.807) is 7.05 Å². The van der Waals surface area contributed by atoms with E-state index in [0.717, 1.165) is 25.2 Å². The molecule has 1 rings (SSSR count). The van der Waals surface area contributed by atoms with Gasteiger partial charge < -0.3 is 15.3 Å². The minimum atomic E-state index is 0.263. The zero-order chi connectivity index (χ0) is 8.27. The summed E-state index contributed by atoms with van der Waals surface area (Å²) in [6.45, 7) is 1.98. The van der Waals surface area contributed by atoms with Crippen molar-refractivity contribution in [3.8, 4) is 0 Å². The summed E-state index contributed by atoms with van der Waals surface area (Å²) < 4.78 is 0. The van der Waals surface area contributed by atoms with Crippen LogP contribution in [0.2, 0.25) is 0 Å². The Morgan fingerprint density at radius 2 is 2.45 bits per heavy atom. The predicted octanol–water partition coefficient (Wildman–Crippen LogP) is 0.658. The van der Waals surface area contributed by atoms with Crippen LogP contribution in [-0.2, 0) is 0 Å². The molecular weight excluding hydrogens is 138 g/mol. The minimum Gasteiger partial charge on any atom is -0.309 e. The maximum atomic E-state index is 7.62. The molecule has 0 amide bonds. The van der Waals surface area contributed by atoms with Gasteiger partial charge in [0.2, 0.25) is 0 Å². The molecule has 0 aromatic carbocycles. The van der Waals surface area contributed by atoms with E-state index in [1.165, 1.54) is 0 Å². The monoisotopic (exact) mass is 153 g/mol. The molecule has 1 N–H and O–H groups in total. The van der Waals surface area contributed by atoms with Crippen LogP contribution < -0.4 is 0 Å². The molecule has 1 fully saturated rings. The van der Waals surface area contributed by atoms with Gasteiger partial charge in [0.15, 0.2) is 0 Å². The van der Waals surface area contributed by atoms with Gasteiger partial charge in [-0.3, -0.25) is 0 Å². The maximum Gasteiger partial charge on any atom is 0.0443 e. The predicted molar refractivity (Wildman–Crippen MR) is 47.7 cm³/mol. The molecule has 0 radical (unpaired) electrons. The molecule has 0 aromatic rings. The molecule has 1 aliphatic heterocycles. The van der Waals surface area contributed by atoms with Crippen LogP contribution in [0.1, 0.15) is 6.42 Å². The number of aliphatic imine (C=N–C) groups is 1. The van der Waals surface area contributed by atoms with Gasteiger partial charge in [0.1, 0.15) is 0 Å². The van der Waals surface area contributed by atoms with Crippen molar-refractivity contribution in [2.45, 2.75) is 6.42 Å². The van der Waals surface area contributed by atoms with Gasteiger partial charge in [-0.2, -0.15) is 0 Å². The summed E-state index contributed by atoms with van der Waals surface area (Å²) in [5, 5.41) is 7.62. The summed E-state index contributed by atoms with van der Waals surface area (Å²) in [6, 6.07) is 0. The lowest BCUT2D eigenvalue weighted by Gasteiger charge is -2.27. The fourth-order valence-electron chi connectivity index (χ4n) is 1.35. The van der Waals surface area contributed by atoms with Gasteiger partial charge in [-0.15, -0.1) is 0 Å². The maximum absolute atomic E-state index is 7.62. The molecule has 1 unspecified atom stereocenters. The SMILES string of the molecule is CN=CC1CN(C)CCC1=N. The number of piperidine rings is 1. The van der Waals surface area contributed by atoms with Gasteiger partial charge >= 0.3 is 0 Å². The van der Waals surface area contributed by atoms with Crippen LogP contribution in [0.5, 0.6) is 0 Å². The number of likely N-dealkylation sites (tertiary alicyclic amines) is 1. The first kappa shape index (κ1) is 8.40. The Kier molecular flexibility index (Phi) is 2.76. The van der Waals surface area contributed by atoms with Gasteiger partial charge in [0.25, 0.3) is 0 Å². The average molecular weight is 153 g/mol. The number of rotatable bonds is 1. The highest BCUT2D eigenvalue weighted by Crippen LogP contribution is 2.09. The Morgan fingerprint density at radius 1 is 1.73 bits per heavy atom. The zero-order valence-corrected chi connectivity index (χ0v) is 7.17. The van der Waals surface area contributed by atoms with Gasteiger partial charge in [0.05, 0.1) is 0 Å². The lowest BCUT2D eigenvalue weighted by atomic mass is 9.97. The van der Waals surface area contributed by atoms with Crippen LogP contribution in [0.25, 0.3) is 0 Å². The van der Waals surface area contributed by atoms with Crippen molar-refractivity contribution >= 4 is 11.9 Å². The van der Waals surface area contributed by atoms with Crippen LogP contribution in [0.4, 0.5) is 0 Å². The highest BCUT2D eigenvalue weighted by Gasteiger charge is 2.19. The van der Waals surface area contributed by atoms with E-state index in [1.807, 2.05) is 6.21 Å². The van der Waals surface area contributed by atoms with E-state index >= 15 is 0 Å². The number of nitrogens with one attached hydrogen (secondary N) is 1. The van der Waals surface area contributed by atoms with E-state index in [2.05, 4.69) is 16.9 Å². The third-order valence-corrected chi connectivity index (χ3v) is 2.05. The molecule has 1 saturated heterocycles. The van der Waals surface area contributed by atoms with Crippen molar-refractivity contribution in [2.24, 2.45) is 10.9 Å². The van der Waals surface area contributed by atoms with Crippen LogP contribution in [0.15, 0.2) is 4.99 Å². The van der Waals surface area contributed by atoms with Gasteiger partial charge in [-0.25, -0.2) is 0 Å². The summed E-state index contributed by atoms with van der Waals surface area (Å²) in [5.41, 5.74) is 0.828. The van der Waals surface area contributed by atoms with Gasteiger partial charge in [-0.05, 0) is 13.5 Å². The second-order valence-corrected chi connectivity index (χ2v) is 3.05. The molecule has 0 aromatic heterocycles. The van der Waals surface area contributed by atoms with Crippen molar-refractivity contribution in [3.05, 3.63) is 0 Å². The molecule has 0 aliphatic carbocycles. The van der Waals surface area contributed by atoms with Crippen molar-refractivity contribution in [1.82, 2.24) is 4.90 Å². The fourth-order valence-corrected chi connectivity index (χ4v) is 1.35. The van der Waals surface area contributed by atoms with Crippen LogP contribution in [0, 0.1) is 11.3 Å². The molecular formula is C8H15N3. The number of hydrogen-bond donors (Lipinski definition) is 1. The third kappa shape index (κ3) is 2.12. The molecule has 11 heavy (non-hydrogen) atoms. The number of hydrogen-bond acceptors (Lipinski definition) is 3. The second-order valence-electron chi connectivity index (χ2n) is 3.05. The Bertz CT molecular complexity index is 174. The van der Waals surface area contributed by atoms with E-state index in [-0.39, 0.29) is 5.92 Å². The summed E-state index contributed by atoms with van der Waals surface area (Å²) in [6.07, 6.45) is 2.77. The Morgan fingerprint density at radius 3 is 3.09 bits per heavy atom. The molecule has 1 atom stereocenters. The minimum absolute atomic E-state index is 0.263. The first-order valence-corrected chi connectivity index (χ1v) is 3.92. The van der Waals surface area contributed by atoms with Crippen molar-refractivity contribution in [1.29, 1.82) is 5.41 Å². The highest BCUT2D eigenvalue weighted by molar-refractivity contribution is 5.97. The lowest BCUT2D eigenvalue weighted by Crippen LogP contribution is -2.38. The van der Waals surface area contributed by atoms with Crippen LogP contribution in [0.3, 0.4) is 0 Å². The lowest BCUT2D eigenvalue weighted by molar-refractivity contribution is 0.317. The third-order valence-electron chi connectivity index (χ3n) is 2.05.